The van der Waals surface area contributed by atoms with Crippen LogP contribution in [0.2, 0.25) is 0 Å². The second-order valence-electron chi connectivity index (χ2n) is 6.70. The molecule has 0 bridgehead atoms. The largest absolute Gasteiger partial charge is 0.312 e. The Labute approximate surface area is 106 Å². The topological polar surface area (TPSA) is 15.3 Å². The number of piperidine rings is 1. The predicted molar refractivity (Wildman–Crippen MR) is 72.1 cm³/mol. The van der Waals surface area contributed by atoms with E-state index < -0.39 is 0 Å². The van der Waals surface area contributed by atoms with Crippen LogP contribution in [0.5, 0.6) is 0 Å². The lowest BCUT2D eigenvalue weighted by atomic mass is 10.0. The molecule has 3 fully saturated rings. The van der Waals surface area contributed by atoms with Crippen LogP contribution in [0.4, 0.5) is 0 Å². The van der Waals surface area contributed by atoms with E-state index in [1.54, 1.807) is 0 Å². The van der Waals surface area contributed by atoms with Gasteiger partial charge < -0.3 is 10.2 Å². The van der Waals surface area contributed by atoms with E-state index in [4.69, 9.17) is 0 Å². The molecule has 2 nitrogen and oxygen atoms in total. The fourth-order valence-corrected chi connectivity index (χ4v) is 3.51. The summed E-state index contributed by atoms with van der Waals surface area (Å²) in [6.07, 6.45) is 8.83. The van der Waals surface area contributed by atoms with Crippen LogP contribution >= 0.6 is 0 Å². The van der Waals surface area contributed by atoms with Crippen LogP contribution in [-0.4, -0.2) is 37.1 Å². The Morgan fingerprint density at radius 3 is 2.41 bits per heavy atom. The number of hydrogen-bond donors (Lipinski definition) is 1. The summed E-state index contributed by atoms with van der Waals surface area (Å²) in [6.45, 7) is 7.57. The fraction of sp³-hybridized carbons (Fsp3) is 1.00. The highest BCUT2D eigenvalue weighted by molar-refractivity contribution is 4.96. The van der Waals surface area contributed by atoms with E-state index in [0.29, 0.717) is 0 Å². The fourth-order valence-electron chi connectivity index (χ4n) is 3.51. The van der Waals surface area contributed by atoms with Gasteiger partial charge in [0.2, 0.25) is 0 Å². The van der Waals surface area contributed by atoms with Gasteiger partial charge in [0.15, 0.2) is 0 Å². The molecule has 1 saturated heterocycles. The summed E-state index contributed by atoms with van der Waals surface area (Å²) in [6, 6.07) is 0.886. The molecule has 98 valence electrons. The number of hydrogen-bond acceptors (Lipinski definition) is 2. The van der Waals surface area contributed by atoms with Crippen molar-refractivity contribution in [3.05, 3.63) is 0 Å². The van der Waals surface area contributed by atoms with Crippen molar-refractivity contribution in [1.82, 2.24) is 10.2 Å². The summed E-state index contributed by atoms with van der Waals surface area (Å²) < 4.78 is 0. The van der Waals surface area contributed by atoms with Crippen LogP contribution < -0.4 is 5.32 Å². The van der Waals surface area contributed by atoms with Crippen LogP contribution in [0.3, 0.4) is 0 Å². The van der Waals surface area contributed by atoms with Gasteiger partial charge in [0, 0.05) is 25.7 Å². The minimum atomic E-state index is 0.886. The molecule has 1 heterocycles. The van der Waals surface area contributed by atoms with Gasteiger partial charge in [-0.3, -0.25) is 0 Å². The highest BCUT2D eigenvalue weighted by Crippen LogP contribution is 2.44. The Morgan fingerprint density at radius 2 is 1.82 bits per heavy atom. The normalized spacial score (nSPS) is 31.1. The lowest BCUT2D eigenvalue weighted by Gasteiger charge is -2.31. The quantitative estimate of drug-likeness (QED) is 0.762. The molecular weight excluding hydrogens is 208 g/mol. The molecule has 0 aromatic carbocycles. The van der Waals surface area contributed by atoms with Gasteiger partial charge in [0.05, 0.1) is 0 Å². The molecule has 1 atom stereocenters. The van der Waals surface area contributed by atoms with Crippen LogP contribution in [-0.2, 0) is 0 Å². The Hall–Kier alpha value is -0.0800. The van der Waals surface area contributed by atoms with Crippen molar-refractivity contribution in [2.24, 2.45) is 17.8 Å². The number of likely N-dealkylation sites (tertiary alicyclic amines) is 1. The molecular formula is C15H28N2. The van der Waals surface area contributed by atoms with Crippen LogP contribution in [0.1, 0.15) is 45.4 Å². The van der Waals surface area contributed by atoms with E-state index >= 15 is 0 Å². The van der Waals surface area contributed by atoms with E-state index in [-0.39, 0.29) is 0 Å². The third-order valence-corrected chi connectivity index (χ3v) is 4.81. The molecule has 2 saturated carbocycles. The van der Waals surface area contributed by atoms with E-state index in [1.165, 1.54) is 64.7 Å². The van der Waals surface area contributed by atoms with Gasteiger partial charge in [-0.15, -0.1) is 0 Å². The van der Waals surface area contributed by atoms with Gasteiger partial charge >= 0.3 is 0 Å². The second-order valence-corrected chi connectivity index (χ2v) is 6.70. The van der Waals surface area contributed by atoms with Gasteiger partial charge in [-0.05, 0) is 62.8 Å². The van der Waals surface area contributed by atoms with Gasteiger partial charge in [-0.2, -0.15) is 0 Å². The van der Waals surface area contributed by atoms with Crippen molar-refractivity contribution in [2.45, 2.75) is 51.5 Å². The number of nitrogens with zero attached hydrogens (tertiary/aromatic N) is 1. The van der Waals surface area contributed by atoms with E-state index in [0.717, 1.165) is 23.8 Å². The summed E-state index contributed by atoms with van der Waals surface area (Å²) >= 11 is 0. The first kappa shape index (κ1) is 12.0. The maximum Gasteiger partial charge on any atom is 0.0124 e. The molecule has 2 heteroatoms. The van der Waals surface area contributed by atoms with Gasteiger partial charge in [0.25, 0.3) is 0 Å². The average molecular weight is 236 g/mol. The maximum absolute atomic E-state index is 3.86. The highest BCUT2D eigenvalue weighted by Gasteiger charge is 2.40. The lowest BCUT2D eigenvalue weighted by Crippen LogP contribution is -2.42. The predicted octanol–water partition coefficient (Wildman–Crippen LogP) is 2.50. The van der Waals surface area contributed by atoms with Gasteiger partial charge in [-0.25, -0.2) is 0 Å². The van der Waals surface area contributed by atoms with Crippen molar-refractivity contribution < 1.29 is 0 Å². The monoisotopic (exact) mass is 236 g/mol. The summed E-state index contributed by atoms with van der Waals surface area (Å²) in [5.74, 6) is 3.01. The molecule has 17 heavy (non-hydrogen) atoms. The van der Waals surface area contributed by atoms with Crippen molar-refractivity contribution in [3.63, 3.8) is 0 Å². The molecule has 0 radical (unpaired) electrons. The maximum atomic E-state index is 3.86. The SMILES string of the molecule is CC1CCCN(CCNC(C2CC2)C2CC2)C1. The van der Waals surface area contributed by atoms with E-state index in [1.807, 2.05) is 0 Å². The summed E-state index contributed by atoms with van der Waals surface area (Å²) in [7, 11) is 0. The Bertz CT molecular complexity index is 233. The Morgan fingerprint density at radius 1 is 1.12 bits per heavy atom. The number of rotatable bonds is 6. The van der Waals surface area contributed by atoms with Crippen molar-refractivity contribution in [2.75, 3.05) is 26.2 Å². The van der Waals surface area contributed by atoms with Crippen molar-refractivity contribution >= 4 is 0 Å². The molecule has 3 rings (SSSR count). The zero-order chi connectivity index (χ0) is 11.7. The van der Waals surface area contributed by atoms with Gasteiger partial charge in [0.1, 0.15) is 0 Å². The first-order valence-electron chi connectivity index (χ1n) is 7.78. The van der Waals surface area contributed by atoms with Crippen molar-refractivity contribution in [3.8, 4) is 0 Å². The Balaban J connectivity index is 1.35. The third kappa shape index (κ3) is 3.45. The molecule has 1 N–H and O–H groups in total. The standard InChI is InChI=1S/C15H28N2/c1-12-3-2-9-17(11-12)10-8-16-15(13-4-5-13)14-6-7-14/h12-16H,2-11H2,1H3. The van der Waals surface area contributed by atoms with E-state index in [9.17, 15) is 0 Å². The molecule has 2 aliphatic carbocycles. The van der Waals surface area contributed by atoms with Crippen LogP contribution in [0.15, 0.2) is 0 Å². The highest BCUT2D eigenvalue weighted by atomic mass is 15.1. The number of nitrogens with one attached hydrogen (secondary N) is 1. The minimum Gasteiger partial charge on any atom is -0.312 e. The molecule has 3 aliphatic rings. The van der Waals surface area contributed by atoms with E-state index in [2.05, 4.69) is 17.1 Å². The first-order valence-corrected chi connectivity index (χ1v) is 7.78. The smallest absolute Gasteiger partial charge is 0.0124 e. The van der Waals surface area contributed by atoms with Crippen LogP contribution in [0.25, 0.3) is 0 Å². The summed E-state index contributed by atoms with van der Waals surface area (Å²) in [5, 5.41) is 3.86. The average Bonchev–Trinajstić information content (AvgIpc) is 3.15. The molecule has 0 aromatic rings. The van der Waals surface area contributed by atoms with Crippen LogP contribution in [0, 0.1) is 17.8 Å². The molecule has 1 aliphatic heterocycles. The first-order chi connectivity index (χ1) is 8.33. The molecule has 0 aromatic heterocycles. The summed E-state index contributed by atoms with van der Waals surface area (Å²) in [4.78, 5) is 2.66. The zero-order valence-corrected chi connectivity index (χ0v) is 11.3. The third-order valence-electron chi connectivity index (χ3n) is 4.81. The Kier molecular flexibility index (Phi) is 3.72. The second kappa shape index (κ2) is 5.27. The molecule has 1 unspecified atom stereocenters. The zero-order valence-electron chi connectivity index (χ0n) is 11.3. The lowest BCUT2D eigenvalue weighted by molar-refractivity contribution is 0.181. The van der Waals surface area contributed by atoms with Crippen molar-refractivity contribution in [1.29, 1.82) is 0 Å². The minimum absolute atomic E-state index is 0.886. The summed E-state index contributed by atoms with van der Waals surface area (Å²) in [5.41, 5.74) is 0. The van der Waals surface area contributed by atoms with Gasteiger partial charge in [-0.1, -0.05) is 6.92 Å². The molecule has 0 amide bonds. The molecule has 0 spiro atoms.